The normalized spacial score (nSPS) is 14.6. The van der Waals surface area contributed by atoms with Crippen molar-refractivity contribution >= 4 is 17.6 Å². The van der Waals surface area contributed by atoms with E-state index in [0.717, 1.165) is 30.5 Å². The number of aryl methyl sites for hydroxylation is 1. The highest BCUT2D eigenvalue weighted by Gasteiger charge is 2.20. The first-order chi connectivity index (χ1) is 13.1. The number of nitriles is 1. The Balaban J connectivity index is 1.79. The molecule has 144 valence electrons. The average molecular weight is 368 g/mol. The smallest absolute Gasteiger partial charge is 0.243 e. The second-order valence-corrected chi connectivity index (χ2v) is 6.49. The first kappa shape index (κ1) is 20.4. The maximum absolute atomic E-state index is 12.1. The highest BCUT2D eigenvalue weighted by molar-refractivity contribution is 6.04. The van der Waals surface area contributed by atoms with Crippen LogP contribution in [0.5, 0.6) is 0 Å². The van der Waals surface area contributed by atoms with Gasteiger partial charge in [-0.1, -0.05) is 29.8 Å². The van der Waals surface area contributed by atoms with Gasteiger partial charge in [-0.05, 0) is 38.7 Å². The summed E-state index contributed by atoms with van der Waals surface area (Å²) in [4.78, 5) is 16.5. The van der Waals surface area contributed by atoms with Crippen LogP contribution in [0.3, 0.4) is 0 Å². The van der Waals surface area contributed by atoms with Crippen molar-refractivity contribution in [2.24, 2.45) is 10.1 Å². The molecular formula is C20H28N6O. The van der Waals surface area contributed by atoms with Crippen LogP contribution < -0.4 is 10.6 Å². The molecule has 7 nitrogen and oxygen atoms in total. The van der Waals surface area contributed by atoms with Crippen LogP contribution in [0.1, 0.15) is 50.2 Å². The van der Waals surface area contributed by atoms with Gasteiger partial charge in [0.2, 0.25) is 11.9 Å². The van der Waals surface area contributed by atoms with Gasteiger partial charge in [0, 0.05) is 32.5 Å². The number of hydrogen-bond donors (Lipinski definition) is 2. The van der Waals surface area contributed by atoms with Gasteiger partial charge >= 0.3 is 0 Å². The quantitative estimate of drug-likeness (QED) is 0.242. The molecule has 0 unspecified atom stereocenters. The molecule has 1 heterocycles. The van der Waals surface area contributed by atoms with Crippen molar-refractivity contribution in [2.45, 2.75) is 46.0 Å². The SMILES string of the molecule is CCNC(=NCCCCCN1N=C(c2ccc(C)cc2)CCC1=O)NC#N. The molecule has 1 aromatic rings. The zero-order valence-corrected chi connectivity index (χ0v) is 16.2. The van der Waals surface area contributed by atoms with Crippen LogP contribution in [0, 0.1) is 18.4 Å². The molecule has 0 saturated heterocycles. The fourth-order valence-electron chi connectivity index (χ4n) is 2.83. The van der Waals surface area contributed by atoms with E-state index in [4.69, 9.17) is 5.26 Å². The third-order valence-corrected chi connectivity index (χ3v) is 4.31. The number of rotatable bonds is 8. The van der Waals surface area contributed by atoms with E-state index >= 15 is 0 Å². The van der Waals surface area contributed by atoms with E-state index in [0.29, 0.717) is 38.4 Å². The van der Waals surface area contributed by atoms with Crippen LogP contribution in [-0.2, 0) is 4.79 Å². The molecule has 0 saturated carbocycles. The number of aliphatic imine (C=N–C) groups is 1. The molecule has 0 fully saturated rings. The monoisotopic (exact) mass is 368 g/mol. The number of hydrogen-bond acceptors (Lipinski definition) is 4. The maximum Gasteiger partial charge on any atom is 0.243 e. The molecule has 0 aliphatic carbocycles. The lowest BCUT2D eigenvalue weighted by Crippen LogP contribution is -2.34. The fraction of sp³-hybridized carbons (Fsp3) is 0.500. The second kappa shape index (κ2) is 11.0. The zero-order valence-electron chi connectivity index (χ0n) is 16.2. The van der Waals surface area contributed by atoms with E-state index in [9.17, 15) is 4.79 Å². The number of nitrogens with zero attached hydrogens (tertiary/aromatic N) is 4. The minimum atomic E-state index is 0.0940. The van der Waals surface area contributed by atoms with Gasteiger partial charge in [0.1, 0.15) is 0 Å². The number of benzene rings is 1. The Morgan fingerprint density at radius 3 is 2.74 bits per heavy atom. The van der Waals surface area contributed by atoms with Crippen LogP contribution in [0.2, 0.25) is 0 Å². The Morgan fingerprint density at radius 2 is 2.04 bits per heavy atom. The van der Waals surface area contributed by atoms with Crippen molar-refractivity contribution in [1.29, 1.82) is 5.26 Å². The molecule has 1 aromatic carbocycles. The lowest BCUT2D eigenvalue weighted by Gasteiger charge is -2.23. The van der Waals surface area contributed by atoms with Crippen molar-refractivity contribution in [2.75, 3.05) is 19.6 Å². The van der Waals surface area contributed by atoms with Gasteiger partial charge in [0.15, 0.2) is 6.19 Å². The van der Waals surface area contributed by atoms with Gasteiger partial charge in [0.25, 0.3) is 0 Å². The topological polar surface area (TPSA) is 92.9 Å². The summed E-state index contributed by atoms with van der Waals surface area (Å²) in [6.07, 6.45) is 5.83. The first-order valence-electron chi connectivity index (χ1n) is 9.52. The Labute approximate surface area is 161 Å². The van der Waals surface area contributed by atoms with Crippen LogP contribution >= 0.6 is 0 Å². The molecule has 2 N–H and O–H groups in total. The summed E-state index contributed by atoms with van der Waals surface area (Å²) in [7, 11) is 0. The molecule has 0 atom stereocenters. The summed E-state index contributed by atoms with van der Waals surface area (Å²) in [5.74, 6) is 0.607. The van der Waals surface area contributed by atoms with Gasteiger partial charge in [0.05, 0.1) is 5.71 Å². The number of amides is 1. The number of unbranched alkanes of at least 4 members (excludes halogenated alkanes) is 2. The molecule has 1 aliphatic rings. The highest BCUT2D eigenvalue weighted by atomic mass is 16.2. The summed E-state index contributed by atoms with van der Waals surface area (Å²) in [6, 6.07) is 8.28. The number of nitrogens with one attached hydrogen (secondary N) is 2. The number of carbonyl (C=O) groups excluding carboxylic acids is 1. The predicted molar refractivity (Wildman–Crippen MR) is 107 cm³/mol. The minimum Gasteiger partial charge on any atom is -0.356 e. The molecule has 1 amide bonds. The molecule has 1 aliphatic heterocycles. The summed E-state index contributed by atoms with van der Waals surface area (Å²) in [5, 5.41) is 20.4. The molecule has 2 rings (SSSR count). The van der Waals surface area contributed by atoms with Gasteiger partial charge < -0.3 is 5.32 Å². The van der Waals surface area contributed by atoms with E-state index < -0.39 is 0 Å². The van der Waals surface area contributed by atoms with Gasteiger partial charge in [-0.2, -0.15) is 10.4 Å². The Kier molecular flexibility index (Phi) is 8.30. The van der Waals surface area contributed by atoms with Gasteiger partial charge in [-0.25, -0.2) is 5.01 Å². The van der Waals surface area contributed by atoms with Crippen molar-refractivity contribution in [3.63, 3.8) is 0 Å². The molecule has 0 aromatic heterocycles. The van der Waals surface area contributed by atoms with Gasteiger partial charge in [-0.3, -0.25) is 15.1 Å². The van der Waals surface area contributed by atoms with Crippen LogP contribution in [0.15, 0.2) is 34.4 Å². The summed E-state index contributed by atoms with van der Waals surface area (Å²) in [6.45, 7) is 6.00. The largest absolute Gasteiger partial charge is 0.356 e. The zero-order chi connectivity index (χ0) is 19.5. The molecule has 27 heavy (non-hydrogen) atoms. The van der Waals surface area contributed by atoms with Crippen molar-refractivity contribution in [3.8, 4) is 6.19 Å². The fourth-order valence-corrected chi connectivity index (χ4v) is 2.83. The van der Waals surface area contributed by atoms with E-state index in [-0.39, 0.29) is 5.91 Å². The lowest BCUT2D eigenvalue weighted by atomic mass is 10.0. The van der Waals surface area contributed by atoms with E-state index in [1.165, 1.54) is 5.56 Å². The van der Waals surface area contributed by atoms with Crippen molar-refractivity contribution < 1.29 is 4.79 Å². The summed E-state index contributed by atoms with van der Waals surface area (Å²) >= 11 is 0. The average Bonchev–Trinajstić information content (AvgIpc) is 2.67. The summed E-state index contributed by atoms with van der Waals surface area (Å²) in [5.41, 5.74) is 3.29. The van der Waals surface area contributed by atoms with E-state index in [1.54, 1.807) is 5.01 Å². The third-order valence-electron chi connectivity index (χ3n) is 4.31. The molecule has 7 heteroatoms. The number of guanidine groups is 1. The number of carbonyl (C=O) groups is 1. The Hall–Kier alpha value is -2.88. The minimum absolute atomic E-state index is 0.0940. The molecular weight excluding hydrogens is 340 g/mol. The molecule has 0 spiro atoms. The molecule has 0 bridgehead atoms. The lowest BCUT2D eigenvalue weighted by molar-refractivity contribution is -0.131. The maximum atomic E-state index is 12.1. The van der Waals surface area contributed by atoms with E-state index in [2.05, 4.69) is 51.9 Å². The van der Waals surface area contributed by atoms with Crippen LogP contribution in [-0.4, -0.2) is 42.2 Å². The predicted octanol–water partition coefficient (Wildman–Crippen LogP) is 2.53. The highest BCUT2D eigenvalue weighted by Crippen LogP contribution is 2.16. The van der Waals surface area contributed by atoms with Gasteiger partial charge in [-0.15, -0.1) is 0 Å². The third kappa shape index (κ3) is 6.74. The van der Waals surface area contributed by atoms with Crippen molar-refractivity contribution in [3.05, 3.63) is 35.4 Å². The number of hydrazone groups is 1. The molecule has 0 radical (unpaired) electrons. The van der Waals surface area contributed by atoms with E-state index in [1.807, 2.05) is 13.1 Å². The standard InChI is InChI=1S/C20H28N6O/c1-3-22-20(24-15-21)23-13-5-4-6-14-26-19(27)12-11-18(25-26)17-9-7-16(2)8-10-17/h7-10H,3-6,11-14H2,1-2H3,(H2,22,23,24). The first-order valence-corrected chi connectivity index (χ1v) is 9.52. The van der Waals surface area contributed by atoms with Crippen LogP contribution in [0.4, 0.5) is 0 Å². The summed E-state index contributed by atoms with van der Waals surface area (Å²) < 4.78 is 0. The Bertz CT molecular complexity index is 717. The second-order valence-electron chi connectivity index (χ2n) is 6.49. The Morgan fingerprint density at radius 1 is 1.26 bits per heavy atom. The van der Waals surface area contributed by atoms with Crippen molar-refractivity contribution in [1.82, 2.24) is 15.6 Å². The van der Waals surface area contributed by atoms with Crippen LogP contribution in [0.25, 0.3) is 0 Å².